The van der Waals surface area contributed by atoms with Crippen molar-refractivity contribution in [2.24, 2.45) is 0 Å². The zero-order valence-corrected chi connectivity index (χ0v) is 14.2. The van der Waals surface area contributed by atoms with Gasteiger partial charge in [-0.3, -0.25) is 4.79 Å². The number of carbonyl (C=O) groups excluding carboxylic acids is 1. The van der Waals surface area contributed by atoms with E-state index in [0.717, 1.165) is 5.69 Å². The zero-order chi connectivity index (χ0) is 16.1. The van der Waals surface area contributed by atoms with Crippen LogP contribution in [-0.4, -0.2) is 19.4 Å². The van der Waals surface area contributed by atoms with Crippen LogP contribution in [0.2, 0.25) is 10.0 Å². The Kier molecular flexibility index (Phi) is 5.90. The van der Waals surface area contributed by atoms with Gasteiger partial charge in [0, 0.05) is 39.5 Å². The van der Waals surface area contributed by atoms with Crippen molar-refractivity contribution in [2.75, 3.05) is 18.5 Å². The van der Waals surface area contributed by atoms with Crippen LogP contribution in [0.1, 0.15) is 10.4 Å². The first-order chi connectivity index (χ1) is 10.5. The number of nitrogens with zero attached hydrogens (tertiary/aromatic N) is 1. The molecule has 0 aliphatic rings. The summed E-state index contributed by atoms with van der Waals surface area (Å²) in [5, 5.41) is 1.73. The Morgan fingerprint density at radius 1 is 1.00 bits per heavy atom. The maximum Gasteiger partial charge on any atom is 0.187 e. The highest BCUT2D eigenvalue weighted by Gasteiger charge is 2.07. The van der Waals surface area contributed by atoms with Crippen LogP contribution in [0.5, 0.6) is 0 Å². The molecule has 0 aliphatic heterocycles. The number of benzene rings is 2. The minimum Gasteiger partial charge on any atom is -0.369 e. The molecule has 0 bridgehead atoms. The maximum atomic E-state index is 12.1. The lowest BCUT2D eigenvalue weighted by Gasteiger charge is -2.18. The molecular formula is C17H14Cl3NO. The fraction of sp³-hybridized carbons (Fsp3) is 0.118. The van der Waals surface area contributed by atoms with E-state index >= 15 is 0 Å². The number of ketones is 1. The molecule has 2 nitrogen and oxygen atoms in total. The molecule has 0 fully saturated rings. The SMILES string of the molecule is CN(C/C(Cl)=C/C(=O)c1ccc(Cl)cc1)c1ccc(Cl)cc1. The van der Waals surface area contributed by atoms with Crippen molar-refractivity contribution in [3.8, 4) is 0 Å². The molecule has 0 N–H and O–H groups in total. The van der Waals surface area contributed by atoms with Gasteiger partial charge in [-0.25, -0.2) is 0 Å². The first-order valence-corrected chi connectivity index (χ1v) is 7.72. The third kappa shape index (κ3) is 4.77. The average molecular weight is 355 g/mol. The molecule has 0 aromatic heterocycles. The molecule has 2 rings (SSSR count). The van der Waals surface area contributed by atoms with Gasteiger partial charge in [-0.05, 0) is 48.5 Å². The van der Waals surface area contributed by atoms with E-state index in [1.165, 1.54) is 6.08 Å². The quantitative estimate of drug-likeness (QED) is 0.526. The summed E-state index contributed by atoms with van der Waals surface area (Å²) in [7, 11) is 1.90. The zero-order valence-electron chi connectivity index (χ0n) is 11.9. The van der Waals surface area contributed by atoms with Crippen LogP contribution in [0.25, 0.3) is 0 Å². The summed E-state index contributed by atoms with van der Waals surface area (Å²) >= 11 is 17.8. The van der Waals surface area contributed by atoms with Crippen molar-refractivity contribution in [2.45, 2.75) is 0 Å². The van der Waals surface area contributed by atoms with E-state index in [1.807, 2.05) is 36.2 Å². The number of anilines is 1. The van der Waals surface area contributed by atoms with Crippen molar-refractivity contribution in [3.63, 3.8) is 0 Å². The highest BCUT2D eigenvalue weighted by Crippen LogP contribution is 2.19. The maximum absolute atomic E-state index is 12.1. The van der Waals surface area contributed by atoms with Crippen LogP contribution in [0.4, 0.5) is 5.69 Å². The van der Waals surface area contributed by atoms with E-state index in [9.17, 15) is 4.79 Å². The molecule has 0 unspecified atom stereocenters. The predicted octanol–water partition coefficient (Wildman–Crippen LogP) is 5.44. The van der Waals surface area contributed by atoms with Crippen molar-refractivity contribution in [3.05, 3.63) is 75.2 Å². The largest absolute Gasteiger partial charge is 0.369 e. The van der Waals surface area contributed by atoms with Gasteiger partial charge in [0.2, 0.25) is 0 Å². The summed E-state index contributed by atoms with van der Waals surface area (Å²) in [6.45, 7) is 0.433. The monoisotopic (exact) mass is 353 g/mol. The number of likely N-dealkylation sites (N-methyl/N-ethyl adjacent to an activating group) is 1. The third-order valence-electron chi connectivity index (χ3n) is 3.07. The fourth-order valence-corrected chi connectivity index (χ4v) is 2.43. The Labute approximate surface area is 144 Å². The molecule has 2 aromatic carbocycles. The van der Waals surface area contributed by atoms with Gasteiger partial charge in [-0.2, -0.15) is 0 Å². The van der Waals surface area contributed by atoms with E-state index in [4.69, 9.17) is 34.8 Å². The number of hydrogen-bond acceptors (Lipinski definition) is 2. The normalized spacial score (nSPS) is 11.4. The smallest absolute Gasteiger partial charge is 0.187 e. The van der Waals surface area contributed by atoms with Crippen LogP contribution < -0.4 is 4.90 Å². The molecule has 0 spiro atoms. The fourth-order valence-electron chi connectivity index (χ4n) is 1.90. The lowest BCUT2D eigenvalue weighted by Crippen LogP contribution is -2.19. The first-order valence-electron chi connectivity index (χ1n) is 6.58. The highest BCUT2D eigenvalue weighted by molar-refractivity contribution is 6.32. The van der Waals surface area contributed by atoms with E-state index in [0.29, 0.717) is 27.2 Å². The standard InChI is InChI=1S/C17H14Cl3NO/c1-21(16-8-6-14(19)7-9-16)11-15(20)10-17(22)12-2-4-13(18)5-3-12/h2-10H,11H2,1H3/b15-10-. The molecule has 2 aromatic rings. The summed E-state index contributed by atoms with van der Waals surface area (Å²) < 4.78 is 0. The lowest BCUT2D eigenvalue weighted by molar-refractivity contribution is 0.104. The minimum atomic E-state index is -0.147. The van der Waals surface area contributed by atoms with E-state index in [2.05, 4.69) is 0 Å². The Bertz CT molecular complexity index is 678. The van der Waals surface area contributed by atoms with Gasteiger partial charge in [0.05, 0.1) is 6.54 Å². The minimum absolute atomic E-state index is 0.147. The van der Waals surface area contributed by atoms with Crippen molar-refractivity contribution in [1.29, 1.82) is 0 Å². The van der Waals surface area contributed by atoms with Gasteiger partial charge in [0.1, 0.15) is 0 Å². The molecule has 0 saturated carbocycles. The molecular weight excluding hydrogens is 341 g/mol. The summed E-state index contributed by atoms with van der Waals surface area (Å²) in [6, 6.07) is 14.1. The van der Waals surface area contributed by atoms with E-state index in [-0.39, 0.29) is 5.78 Å². The van der Waals surface area contributed by atoms with Crippen molar-refractivity contribution < 1.29 is 4.79 Å². The average Bonchev–Trinajstić information content (AvgIpc) is 2.48. The second-order valence-corrected chi connectivity index (χ2v) is 6.15. The molecule has 0 radical (unpaired) electrons. The Morgan fingerprint density at radius 3 is 2.05 bits per heavy atom. The van der Waals surface area contributed by atoms with E-state index < -0.39 is 0 Å². The predicted molar refractivity (Wildman–Crippen MR) is 94.4 cm³/mol. The van der Waals surface area contributed by atoms with Gasteiger partial charge in [-0.15, -0.1) is 0 Å². The number of rotatable bonds is 5. The second-order valence-electron chi connectivity index (χ2n) is 4.79. The Morgan fingerprint density at radius 2 is 1.50 bits per heavy atom. The summed E-state index contributed by atoms with van der Waals surface area (Å²) in [4.78, 5) is 14.0. The molecule has 0 saturated heterocycles. The molecule has 5 heteroatoms. The summed E-state index contributed by atoms with van der Waals surface area (Å²) in [5.41, 5.74) is 1.52. The molecule has 0 amide bonds. The number of carbonyl (C=O) groups is 1. The van der Waals surface area contributed by atoms with Crippen LogP contribution in [0.15, 0.2) is 59.6 Å². The molecule has 0 heterocycles. The van der Waals surface area contributed by atoms with Crippen LogP contribution >= 0.6 is 34.8 Å². The molecule has 0 aliphatic carbocycles. The summed E-state index contributed by atoms with van der Waals surface area (Å²) in [6.07, 6.45) is 1.43. The molecule has 0 atom stereocenters. The van der Waals surface area contributed by atoms with Crippen molar-refractivity contribution in [1.82, 2.24) is 0 Å². The first kappa shape index (κ1) is 16.9. The number of halogens is 3. The lowest BCUT2D eigenvalue weighted by atomic mass is 10.1. The van der Waals surface area contributed by atoms with Crippen LogP contribution in [0.3, 0.4) is 0 Å². The van der Waals surface area contributed by atoms with Crippen molar-refractivity contribution >= 4 is 46.3 Å². The third-order valence-corrected chi connectivity index (χ3v) is 3.80. The number of allylic oxidation sites excluding steroid dienone is 1. The Balaban J connectivity index is 2.04. The second kappa shape index (κ2) is 7.68. The van der Waals surface area contributed by atoms with Crippen LogP contribution in [0, 0.1) is 0 Å². The van der Waals surface area contributed by atoms with Gasteiger partial charge in [-0.1, -0.05) is 34.8 Å². The van der Waals surface area contributed by atoms with Gasteiger partial charge >= 0.3 is 0 Å². The van der Waals surface area contributed by atoms with E-state index in [1.54, 1.807) is 24.3 Å². The summed E-state index contributed by atoms with van der Waals surface area (Å²) in [5.74, 6) is -0.147. The van der Waals surface area contributed by atoms with Gasteiger partial charge in [0.25, 0.3) is 0 Å². The molecule has 22 heavy (non-hydrogen) atoms. The number of hydrogen-bond donors (Lipinski definition) is 0. The topological polar surface area (TPSA) is 20.3 Å². The molecule has 114 valence electrons. The Hall–Kier alpha value is -1.48. The van der Waals surface area contributed by atoms with Gasteiger partial charge in [0.15, 0.2) is 5.78 Å². The van der Waals surface area contributed by atoms with Gasteiger partial charge < -0.3 is 4.90 Å². The van der Waals surface area contributed by atoms with Crippen LogP contribution in [-0.2, 0) is 0 Å². The highest BCUT2D eigenvalue weighted by atomic mass is 35.5.